The van der Waals surface area contributed by atoms with E-state index < -0.39 is 4.92 Å². The van der Waals surface area contributed by atoms with Crippen LogP contribution in [0, 0.1) is 10.1 Å². The number of nitrogens with one attached hydrogen (secondary N) is 2. The normalized spacial score (nSPS) is 11.6. The average Bonchev–Trinajstić information content (AvgIpc) is 2.80. The first-order valence-electron chi connectivity index (χ1n) is 6.29. The summed E-state index contributed by atoms with van der Waals surface area (Å²) in [6.07, 6.45) is 0.765. The Balaban J connectivity index is 2.42. The van der Waals surface area contributed by atoms with Gasteiger partial charge in [0.1, 0.15) is 0 Å². The van der Waals surface area contributed by atoms with E-state index in [9.17, 15) is 14.9 Å². The van der Waals surface area contributed by atoms with Crippen molar-refractivity contribution in [2.45, 2.75) is 32.7 Å². The molecule has 2 rings (SSSR count). The number of rotatable bonds is 4. The van der Waals surface area contributed by atoms with E-state index in [1.165, 1.54) is 12.1 Å². The molecule has 0 radical (unpaired) electrons. The van der Waals surface area contributed by atoms with Gasteiger partial charge in [0.25, 0.3) is 11.6 Å². The molecule has 7 nitrogen and oxygen atoms in total. The second kappa shape index (κ2) is 4.92. The van der Waals surface area contributed by atoms with Gasteiger partial charge in [-0.3, -0.25) is 20.0 Å². The fraction of sp³-hybridized carbons (Fsp3) is 0.385. The van der Waals surface area contributed by atoms with Crippen LogP contribution in [0.3, 0.4) is 0 Å². The fourth-order valence-corrected chi connectivity index (χ4v) is 1.74. The van der Waals surface area contributed by atoms with Gasteiger partial charge < -0.3 is 5.32 Å². The molecule has 0 saturated heterocycles. The molecular formula is C13H16N4O3. The van der Waals surface area contributed by atoms with Gasteiger partial charge in [-0.15, -0.1) is 0 Å². The number of aromatic amines is 1. The zero-order valence-corrected chi connectivity index (χ0v) is 11.6. The standard InChI is InChI=1S/C13H16N4O3/c1-4-13(2,3)14-12(18)11-9-7-8(17(19)20)5-6-10(9)15-16-11/h5-7H,4H2,1-3H3,(H,14,18)(H,15,16). The van der Waals surface area contributed by atoms with Crippen molar-refractivity contribution in [3.05, 3.63) is 34.0 Å². The molecule has 20 heavy (non-hydrogen) atoms. The van der Waals surface area contributed by atoms with Crippen LogP contribution in [0.1, 0.15) is 37.7 Å². The first-order chi connectivity index (χ1) is 9.34. The van der Waals surface area contributed by atoms with Crippen molar-refractivity contribution >= 4 is 22.5 Å². The monoisotopic (exact) mass is 276 g/mol. The van der Waals surface area contributed by atoms with Crippen LogP contribution in [-0.2, 0) is 0 Å². The maximum Gasteiger partial charge on any atom is 0.272 e. The van der Waals surface area contributed by atoms with Crippen LogP contribution in [0.5, 0.6) is 0 Å². The molecule has 2 aromatic rings. The number of carbonyl (C=O) groups is 1. The van der Waals surface area contributed by atoms with Crippen molar-refractivity contribution in [3.63, 3.8) is 0 Å². The maximum absolute atomic E-state index is 12.2. The Morgan fingerprint density at radius 3 is 2.80 bits per heavy atom. The van der Waals surface area contributed by atoms with Crippen molar-refractivity contribution in [2.24, 2.45) is 0 Å². The van der Waals surface area contributed by atoms with E-state index in [-0.39, 0.29) is 22.8 Å². The maximum atomic E-state index is 12.2. The van der Waals surface area contributed by atoms with E-state index in [1.54, 1.807) is 6.07 Å². The van der Waals surface area contributed by atoms with Gasteiger partial charge in [0.15, 0.2) is 5.69 Å². The zero-order valence-electron chi connectivity index (χ0n) is 11.6. The molecule has 7 heteroatoms. The van der Waals surface area contributed by atoms with Crippen molar-refractivity contribution < 1.29 is 9.72 Å². The third-order valence-corrected chi connectivity index (χ3v) is 3.31. The minimum Gasteiger partial charge on any atom is -0.346 e. The molecule has 2 N–H and O–H groups in total. The zero-order chi connectivity index (χ0) is 14.9. The third kappa shape index (κ3) is 2.61. The fourth-order valence-electron chi connectivity index (χ4n) is 1.74. The highest BCUT2D eigenvalue weighted by atomic mass is 16.6. The van der Waals surface area contributed by atoms with Gasteiger partial charge in [-0.1, -0.05) is 6.92 Å². The minimum atomic E-state index is -0.496. The number of aromatic nitrogens is 2. The van der Waals surface area contributed by atoms with Gasteiger partial charge in [-0.25, -0.2) is 0 Å². The lowest BCUT2D eigenvalue weighted by molar-refractivity contribution is -0.384. The smallest absolute Gasteiger partial charge is 0.272 e. The summed E-state index contributed by atoms with van der Waals surface area (Å²) in [5, 5.41) is 20.8. The van der Waals surface area contributed by atoms with Gasteiger partial charge in [-0.05, 0) is 26.3 Å². The minimum absolute atomic E-state index is 0.0669. The highest BCUT2D eigenvalue weighted by Crippen LogP contribution is 2.22. The molecule has 1 amide bonds. The molecule has 0 saturated carbocycles. The summed E-state index contributed by atoms with van der Waals surface area (Å²) in [5.74, 6) is -0.344. The van der Waals surface area contributed by atoms with Crippen molar-refractivity contribution in [3.8, 4) is 0 Å². The van der Waals surface area contributed by atoms with E-state index in [1.807, 2.05) is 20.8 Å². The first-order valence-corrected chi connectivity index (χ1v) is 6.29. The lowest BCUT2D eigenvalue weighted by Crippen LogP contribution is -2.43. The van der Waals surface area contributed by atoms with E-state index in [4.69, 9.17) is 0 Å². The van der Waals surface area contributed by atoms with Gasteiger partial charge in [-0.2, -0.15) is 5.10 Å². The Labute approximate surface area is 115 Å². The lowest BCUT2D eigenvalue weighted by atomic mass is 10.0. The number of fused-ring (bicyclic) bond motifs is 1. The number of nitro groups is 1. The molecule has 0 unspecified atom stereocenters. The lowest BCUT2D eigenvalue weighted by Gasteiger charge is -2.23. The number of nitro benzene ring substituents is 1. The SMILES string of the molecule is CCC(C)(C)NC(=O)c1n[nH]c2ccc([N+](=O)[O-])cc12. The number of H-pyrrole nitrogens is 1. The van der Waals surface area contributed by atoms with E-state index in [2.05, 4.69) is 15.5 Å². The molecular weight excluding hydrogens is 260 g/mol. The summed E-state index contributed by atoms with van der Waals surface area (Å²) in [6.45, 7) is 5.78. The average molecular weight is 276 g/mol. The number of carbonyl (C=O) groups excluding carboxylic acids is 1. The number of hydrogen-bond donors (Lipinski definition) is 2. The van der Waals surface area contributed by atoms with Gasteiger partial charge >= 0.3 is 0 Å². The third-order valence-electron chi connectivity index (χ3n) is 3.31. The molecule has 1 heterocycles. The van der Waals surface area contributed by atoms with Crippen LogP contribution in [0.25, 0.3) is 10.9 Å². The Hall–Kier alpha value is -2.44. The molecule has 0 aliphatic carbocycles. The molecule has 0 spiro atoms. The second-order valence-electron chi connectivity index (χ2n) is 5.25. The Kier molecular flexibility index (Phi) is 3.44. The van der Waals surface area contributed by atoms with Crippen molar-refractivity contribution in [1.82, 2.24) is 15.5 Å². The molecule has 0 aliphatic rings. The molecule has 0 fully saturated rings. The first kappa shape index (κ1) is 14.0. The van der Waals surface area contributed by atoms with Crippen LogP contribution in [0.4, 0.5) is 5.69 Å². The predicted molar refractivity (Wildman–Crippen MR) is 74.6 cm³/mol. The van der Waals surface area contributed by atoms with Crippen molar-refractivity contribution in [2.75, 3.05) is 0 Å². The molecule has 0 aliphatic heterocycles. The van der Waals surface area contributed by atoms with Crippen LogP contribution < -0.4 is 5.32 Å². The highest BCUT2D eigenvalue weighted by molar-refractivity contribution is 6.05. The van der Waals surface area contributed by atoms with E-state index in [0.717, 1.165) is 6.42 Å². The molecule has 106 valence electrons. The number of benzene rings is 1. The molecule has 1 aromatic heterocycles. The summed E-state index contributed by atoms with van der Waals surface area (Å²) in [4.78, 5) is 22.5. The van der Waals surface area contributed by atoms with E-state index in [0.29, 0.717) is 10.9 Å². The summed E-state index contributed by atoms with van der Waals surface area (Å²) in [6, 6.07) is 4.27. The van der Waals surface area contributed by atoms with Gasteiger partial charge in [0, 0.05) is 23.1 Å². The summed E-state index contributed by atoms with van der Waals surface area (Å²) < 4.78 is 0. The van der Waals surface area contributed by atoms with Crippen LogP contribution >= 0.6 is 0 Å². The van der Waals surface area contributed by atoms with Crippen LogP contribution in [0.15, 0.2) is 18.2 Å². The predicted octanol–water partition coefficient (Wildman–Crippen LogP) is 2.39. The molecule has 1 aromatic carbocycles. The Morgan fingerprint density at radius 2 is 2.20 bits per heavy atom. The summed E-state index contributed by atoms with van der Waals surface area (Å²) in [5.41, 5.74) is 0.339. The van der Waals surface area contributed by atoms with Gasteiger partial charge in [0.2, 0.25) is 0 Å². The molecule has 0 atom stereocenters. The van der Waals surface area contributed by atoms with Crippen LogP contribution in [-0.4, -0.2) is 26.6 Å². The highest BCUT2D eigenvalue weighted by Gasteiger charge is 2.23. The van der Waals surface area contributed by atoms with E-state index >= 15 is 0 Å². The van der Waals surface area contributed by atoms with Gasteiger partial charge in [0.05, 0.1) is 10.4 Å². The quantitative estimate of drug-likeness (QED) is 0.661. The number of hydrogen-bond acceptors (Lipinski definition) is 4. The Bertz CT molecular complexity index is 675. The van der Waals surface area contributed by atoms with Crippen LogP contribution in [0.2, 0.25) is 0 Å². The van der Waals surface area contributed by atoms with Crippen molar-refractivity contribution in [1.29, 1.82) is 0 Å². The Morgan fingerprint density at radius 1 is 1.50 bits per heavy atom. The number of non-ortho nitro benzene ring substituents is 1. The summed E-state index contributed by atoms with van der Waals surface area (Å²) in [7, 11) is 0. The summed E-state index contributed by atoms with van der Waals surface area (Å²) >= 11 is 0. The molecule has 0 bridgehead atoms. The number of amides is 1. The largest absolute Gasteiger partial charge is 0.346 e. The second-order valence-corrected chi connectivity index (χ2v) is 5.25. The number of nitrogens with zero attached hydrogens (tertiary/aromatic N) is 2. The topological polar surface area (TPSA) is 101 Å².